The molecule has 2 heterocycles. The monoisotopic (exact) mass is 470 g/mol. The van der Waals surface area contributed by atoms with Crippen LogP contribution in [0.2, 0.25) is 0 Å². The normalized spacial score (nSPS) is 14.4. The highest BCUT2D eigenvalue weighted by Gasteiger charge is 2.46. The summed E-state index contributed by atoms with van der Waals surface area (Å²) >= 11 is 1.13. The SMILES string of the molecule is Nc1c(C(=O)NCc2ccc(S(=O)(=O)C(F)(F)F)cc2)sc2nnc3c(c12)CCCC3. The van der Waals surface area contributed by atoms with Gasteiger partial charge in [0.2, 0.25) is 0 Å². The third-order valence-corrected chi connectivity index (χ3v) is 7.72. The highest BCUT2D eigenvalue weighted by atomic mass is 32.2. The van der Waals surface area contributed by atoms with Crippen LogP contribution in [0.1, 0.15) is 39.3 Å². The number of aromatic nitrogens is 2. The van der Waals surface area contributed by atoms with Gasteiger partial charge in [-0.05, 0) is 48.9 Å². The van der Waals surface area contributed by atoms with Crippen LogP contribution >= 0.6 is 11.3 Å². The zero-order valence-corrected chi connectivity index (χ0v) is 17.6. The van der Waals surface area contributed by atoms with Crippen LogP contribution in [0.3, 0.4) is 0 Å². The van der Waals surface area contributed by atoms with Crippen LogP contribution in [-0.4, -0.2) is 30.0 Å². The van der Waals surface area contributed by atoms with Crippen molar-refractivity contribution in [2.24, 2.45) is 0 Å². The number of anilines is 1. The number of hydrogen-bond acceptors (Lipinski definition) is 7. The van der Waals surface area contributed by atoms with Crippen LogP contribution in [0, 0.1) is 0 Å². The van der Waals surface area contributed by atoms with Crippen molar-refractivity contribution in [3.63, 3.8) is 0 Å². The number of aryl methyl sites for hydroxylation is 2. The number of nitrogens with zero attached hydrogens (tertiary/aromatic N) is 2. The minimum Gasteiger partial charge on any atom is -0.397 e. The summed E-state index contributed by atoms with van der Waals surface area (Å²) in [6.07, 6.45) is 3.71. The zero-order chi connectivity index (χ0) is 22.4. The van der Waals surface area contributed by atoms with Crippen LogP contribution in [0.4, 0.5) is 18.9 Å². The molecule has 3 N–H and O–H groups in total. The van der Waals surface area contributed by atoms with E-state index >= 15 is 0 Å². The number of hydrogen-bond donors (Lipinski definition) is 2. The lowest BCUT2D eigenvalue weighted by atomic mass is 9.94. The molecule has 1 aromatic carbocycles. The standard InChI is InChI=1S/C19H17F3N4O3S2/c20-19(21,22)31(28,29)11-7-5-10(6-8-11)9-24-17(27)16-15(23)14-12-3-1-2-4-13(12)25-26-18(14)30-16/h5-8H,1-4,9,23H2,(H,24,27). The first-order chi connectivity index (χ1) is 14.6. The lowest BCUT2D eigenvalue weighted by Crippen LogP contribution is -2.24. The third-order valence-electron chi connectivity index (χ3n) is 5.13. The molecular formula is C19H17F3N4O3S2. The van der Waals surface area contributed by atoms with Crippen molar-refractivity contribution < 1.29 is 26.4 Å². The maximum atomic E-state index is 12.7. The summed E-state index contributed by atoms with van der Waals surface area (Å²) in [4.78, 5) is 12.7. The molecule has 1 aliphatic rings. The number of thiophene rings is 1. The van der Waals surface area contributed by atoms with E-state index in [0.29, 0.717) is 21.0 Å². The van der Waals surface area contributed by atoms with E-state index in [0.717, 1.165) is 65.8 Å². The zero-order valence-electron chi connectivity index (χ0n) is 16.0. The Bertz CT molecular complexity index is 1270. The fraction of sp³-hybridized carbons (Fsp3) is 0.316. The quantitative estimate of drug-likeness (QED) is 0.604. The van der Waals surface area contributed by atoms with Crippen molar-refractivity contribution in [2.45, 2.75) is 42.6 Å². The second kappa shape index (κ2) is 7.75. The molecule has 0 bridgehead atoms. The van der Waals surface area contributed by atoms with Crippen molar-refractivity contribution in [2.75, 3.05) is 5.73 Å². The number of alkyl halides is 3. The van der Waals surface area contributed by atoms with Gasteiger partial charge in [-0.15, -0.1) is 16.4 Å². The van der Waals surface area contributed by atoms with E-state index in [1.165, 1.54) is 12.1 Å². The summed E-state index contributed by atoms with van der Waals surface area (Å²) < 4.78 is 60.7. The number of rotatable bonds is 4. The van der Waals surface area contributed by atoms with Gasteiger partial charge in [-0.3, -0.25) is 4.79 Å². The van der Waals surface area contributed by atoms with Gasteiger partial charge < -0.3 is 11.1 Å². The predicted molar refractivity (Wildman–Crippen MR) is 109 cm³/mol. The van der Waals surface area contributed by atoms with Crippen LogP contribution in [0.15, 0.2) is 29.2 Å². The Balaban J connectivity index is 1.52. The molecule has 2 aromatic heterocycles. The van der Waals surface area contributed by atoms with Gasteiger partial charge in [0.1, 0.15) is 9.71 Å². The predicted octanol–water partition coefficient (Wildman–Crippen LogP) is 3.38. The fourth-order valence-electron chi connectivity index (χ4n) is 3.52. The van der Waals surface area contributed by atoms with Crippen molar-refractivity contribution in [1.82, 2.24) is 15.5 Å². The van der Waals surface area contributed by atoms with Gasteiger partial charge in [-0.25, -0.2) is 8.42 Å². The van der Waals surface area contributed by atoms with Crippen LogP contribution in [0.5, 0.6) is 0 Å². The van der Waals surface area contributed by atoms with E-state index < -0.39 is 26.1 Å². The molecule has 0 fully saturated rings. The number of amides is 1. The molecular weight excluding hydrogens is 453 g/mol. The van der Waals surface area contributed by atoms with E-state index in [9.17, 15) is 26.4 Å². The van der Waals surface area contributed by atoms with Crippen LogP contribution in [0.25, 0.3) is 10.2 Å². The van der Waals surface area contributed by atoms with E-state index in [4.69, 9.17) is 5.73 Å². The Morgan fingerprint density at radius 1 is 1.13 bits per heavy atom. The number of carbonyl (C=O) groups is 1. The molecule has 12 heteroatoms. The lowest BCUT2D eigenvalue weighted by Gasteiger charge is -2.14. The Kier molecular flexibility index (Phi) is 5.38. The van der Waals surface area contributed by atoms with Gasteiger partial charge in [0.15, 0.2) is 0 Å². The van der Waals surface area contributed by atoms with Crippen molar-refractivity contribution in [1.29, 1.82) is 0 Å². The second-order valence-electron chi connectivity index (χ2n) is 7.13. The number of sulfone groups is 1. The average molecular weight is 470 g/mol. The Morgan fingerprint density at radius 3 is 2.48 bits per heavy atom. The number of nitrogen functional groups attached to an aromatic ring is 1. The van der Waals surface area contributed by atoms with Gasteiger partial charge >= 0.3 is 5.51 Å². The Morgan fingerprint density at radius 2 is 1.81 bits per heavy atom. The van der Waals surface area contributed by atoms with Crippen LogP contribution < -0.4 is 11.1 Å². The molecule has 1 amide bonds. The summed E-state index contributed by atoms with van der Waals surface area (Å²) in [5.41, 5.74) is 3.60. The van der Waals surface area contributed by atoms with Crippen LogP contribution in [-0.2, 0) is 29.2 Å². The minimum atomic E-state index is -5.41. The molecule has 0 unspecified atom stereocenters. The molecule has 31 heavy (non-hydrogen) atoms. The molecule has 3 aromatic rings. The number of nitrogens with one attached hydrogen (secondary N) is 1. The van der Waals surface area contributed by atoms with Crippen molar-refractivity contribution in [3.05, 3.63) is 46.0 Å². The van der Waals surface area contributed by atoms with E-state index in [1.54, 1.807) is 0 Å². The molecule has 0 saturated heterocycles. The number of nitrogens with two attached hydrogens (primary N) is 1. The molecule has 0 atom stereocenters. The van der Waals surface area contributed by atoms with E-state index in [-0.39, 0.29) is 6.54 Å². The maximum absolute atomic E-state index is 12.7. The first-order valence-electron chi connectivity index (χ1n) is 9.34. The number of carbonyl (C=O) groups excluding carboxylic acids is 1. The maximum Gasteiger partial charge on any atom is 0.501 e. The summed E-state index contributed by atoms with van der Waals surface area (Å²) in [5, 5.41) is 11.9. The van der Waals surface area contributed by atoms with E-state index in [2.05, 4.69) is 15.5 Å². The number of fused-ring (bicyclic) bond motifs is 3. The number of benzene rings is 1. The smallest absolute Gasteiger partial charge is 0.397 e. The molecule has 164 valence electrons. The average Bonchev–Trinajstić information content (AvgIpc) is 3.08. The second-order valence-corrected chi connectivity index (χ2v) is 10.1. The van der Waals surface area contributed by atoms with Crippen molar-refractivity contribution >= 4 is 43.0 Å². The highest BCUT2D eigenvalue weighted by molar-refractivity contribution is 7.92. The summed E-state index contributed by atoms with van der Waals surface area (Å²) in [6, 6.07) is 4.16. The topological polar surface area (TPSA) is 115 Å². The van der Waals surface area contributed by atoms with Gasteiger partial charge in [0.05, 0.1) is 16.3 Å². The molecule has 0 radical (unpaired) electrons. The third kappa shape index (κ3) is 3.85. The summed E-state index contributed by atoms with van der Waals surface area (Å²) in [7, 11) is -5.41. The highest BCUT2D eigenvalue weighted by Crippen LogP contribution is 2.37. The van der Waals surface area contributed by atoms with Crippen molar-refractivity contribution in [3.8, 4) is 0 Å². The summed E-state index contributed by atoms with van der Waals surface area (Å²) in [6.45, 7) is -0.0113. The fourth-order valence-corrected chi connectivity index (χ4v) is 5.27. The van der Waals surface area contributed by atoms with Gasteiger partial charge in [0, 0.05) is 11.9 Å². The van der Waals surface area contributed by atoms with Gasteiger partial charge in [-0.2, -0.15) is 18.3 Å². The molecule has 0 saturated carbocycles. The lowest BCUT2D eigenvalue weighted by molar-refractivity contribution is -0.0436. The minimum absolute atomic E-state index is 0.0113. The molecule has 7 nitrogen and oxygen atoms in total. The Labute approximate surface area is 179 Å². The molecule has 0 aliphatic heterocycles. The van der Waals surface area contributed by atoms with Gasteiger partial charge in [0.25, 0.3) is 15.7 Å². The first-order valence-corrected chi connectivity index (χ1v) is 11.6. The summed E-state index contributed by atoms with van der Waals surface area (Å²) in [5.74, 6) is -0.447. The Hall–Kier alpha value is -2.73. The van der Waals surface area contributed by atoms with E-state index in [1.807, 2.05) is 0 Å². The first kappa shape index (κ1) is 21.5. The molecule has 1 aliphatic carbocycles. The molecule has 0 spiro atoms. The molecule has 4 rings (SSSR count). The number of halogens is 3. The largest absolute Gasteiger partial charge is 0.501 e. The van der Waals surface area contributed by atoms with Gasteiger partial charge in [-0.1, -0.05) is 12.1 Å².